The Morgan fingerprint density at radius 3 is 1.68 bits per heavy atom. The van der Waals surface area contributed by atoms with Crippen molar-refractivity contribution >= 4 is 5.97 Å². The number of esters is 1. The van der Waals surface area contributed by atoms with Crippen LogP contribution in [-0.2, 0) is 28.5 Å². The summed E-state index contributed by atoms with van der Waals surface area (Å²) < 4.78 is 27.1. The molecular formula is C22H44O6. The van der Waals surface area contributed by atoms with Crippen LogP contribution in [0, 0.1) is 5.92 Å². The quantitative estimate of drug-likeness (QED) is 0.197. The molecule has 0 saturated carbocycles. The first-order valence-electron chi connectivity index (χ1n) is 11.2. The van der Waals surface area contributed by atoms with Gasteiger partial charge in [-0.2, -0.15) is 0 Å². The molecule has 0 rings (SSSR count). The molecule has 6 heteroatoms. The molecule has 1 atom stereocenters. The topological polar surface area (TPSA) is 63.2 Å². The molecule has 0 heterocycles. The monoisotopic (exact) mass is 404 g/mol. The first-order valence-corrected chi connectivity index (χ1v) is 11.2. The van der Waals surface area contributed by atoms with Crippen molar-refractivity contribution in [1.82, 2.24) is 0 Å². The van der Waals surface area contributed by atoms with Crippen LogP contribution in [-0.4, -0.2) is 65.4 Å². The summed E-state index contributed by atoms with van der Waals surface area (Å²) in [7, 11) is 0. The van der Waals surface area contributed by atoms with Crippen molar-refractivity contribution in [2.45, 2.75) is 72.1 Å². The van der Waals surface area contributed by atoms with Crippen LogP contribution in [0.2, 0.25) is 0 Å². The summed E-state index contributed by atoms with van der Waals surface area (Å²) in [5.74, 6) is 0.375. The minimum atomic E-state index is -0.120. The van der Waals surface area contributed by atoms with Crippen LogP contribution in [0.5, 0.6) is 0 Å². The molecule has 0 spiro atoms. The molecule has 1 unspecified atom stereocenters. The number of rotatable bonds is 22. The second-order valence-corrected chi connectivity index (χ2v) is 7.01. The predicted octanol–water partition coefficient (Wildman–Crippen LogP) is 4.39. The summed E-state index contributed by atoms with van der Waals surface area (Å²) in [5, 5.41) is 0. The van der Waals surface area contributed by atoms with Crippen LogP contribution < -0.4 is 0 Å². The highest BCUT2D eigenvalue weighted by molar-refractivity contribution is 5.69. The molecule has 0 bridgehead atoms. The summed E-state index contributed by atoms with van der Waals surface area (Å²) >= 11 is 0. The summed E-state index contributed by atoms with van der Waals surface area (Å²) in [6, 6.07) is 0. The number of carbonyl (C=O) groups is 1. The van der Waals surface area contributed by atoms with Gasteiger partial charge in [-0.1, -0.05) is 46.5 Å². The van der Waals surface area contributed by atoms with E-state index in [9.17, 15) is 4.79 Å². The van der Waals surface area contributed by atoms with Crippen LogP contribution in [0.4, 0.5) is 0 Å². The SMILES string of the molecule is CCCCOCCOCCOCCOCCCC(=O)OCC(CC)CCCC. The minimum absolute atomic E-state index is 0.120. The maximum atomic E-state index is 11.7. The highest BCUT2D eigenvalue weighted by atomic mass is 16.6. The van der Waals surface area contributed by atoms with E-state index < -0.39 is 0 Å². The van der Waals surface area contributed by atoms with Crippen LogP contribution >= 0.6 is 0 Å². The van der Waals surface area contributed by atoms with E-state index in [2.05, 4.69) is 20.8 Å². The molecule has 6 nitrogen and oxygen atoms in total. The molecule has 0 aliphatic carbocycles. The van der Waals surface area contributed by atoms with Gasteiger partial charge >= 0.3 is 5.97 Å². The van der Waals surface area contributed by atoms with E-state index in [0.29, 0.717) is 71.6 Å². The fourth-order valence-electron chi connectivity index (χ4n) is 2.51. The van der Waals surface area contributed by atoms with Gasteiger partial charge in [0.25, 0.3) is 0 Å². The van der Waals surface area contributed by atoms with Crippen molar-refractivity contribution in [3.8, 4) is 0 Å². The number of hydrogen-bond donors (Lipinski definition) is 0. The molecule has 0 radical (unpaired) electrons. The van der Waals surface area contributed by atoms with Gasteiger partial charge in [-0.15, -0.1) is 0 Å². The predicted molar refractivity (Wildman–Crippen MR) is 112 cm³/mol. The van der Waals surface area contributed by atoms with E-state index in [4.69, 9.17) is 23.7 Å². The van der Waals surface area contributed by atoms with Gasteiger partial charge in [-0.3, -0.25) is 4.79 Å². The van der Waals surface area contributed by atoms with Gasteiger partial charge < -0.3 is 23.7 Å². The van der Waals surface area contributed by atoms with Crippen LogP contribution in [0.1, 0.15) is 72.1 Å². The zero-order valence-corrected chi connectivity index (χ0v) is 18.5. The van der Waals surface area contributed by atoms with E-state index in [1.54, 1.807) is 0 Å². The Morgan fingerprint density at radius 1 is 0.679 bits per heavy atom. The molecule has 0 saturated heterocycles. The second kappa shape index (κ2) is 22.6. The van der Waals surface area contributed by atoms with Crippen molar-refractivity contribution in [1.29, 1.82) is 0 Å². The second-order valence-electron chi connectivity index (χ2n) is 7.01. The number of hydrogen-bond acceptors (Lipinski definition) is 6. The molecule has 28 heavy (non-hydrogen) atoms. The van der Waals surface area contributed by atoms with Gasteiger partial charge in [-0.25, -0.2) is 0 Å². The van der Waals surface area contributed by atoms with Gasteiger partial charge in [0.1, 0.15) is 0 Å². The highest BCUT2D eigenvalue weighted by Gasteiger charge is 2.09. The number of ether oxygens (including phenoxy) is 5. The molecule has 0 aromatic heterocycles. The Balaban J connectivity index is 3.27. The first kappa shape index (κ1) is 27.3. The Morgan fingerprint density at radius 2 is 1.18 bits per heavy atom. The fourth-order valence-corrected chi connectivity index (χ4v) is 2.51. The van der Waals surface area contributed by atoms with E-state index in [-0.39, 0.29) is 5.97 Å². The van der Waals surface area contributed by atoms with Crippen molar-refractivity contribution < 1.29 is 28.5 Å². The maximum absolute atomic E-state index is 11.7. The third kappa shape index (κ3) is 20.1. The zero-order valence-electron chi connectivity index (χ0n) is 18.5. The standard InChI is InChI=1S/C22H44O6/c1-4-7-10-21(6-3)20-28-22(23)11-9-13-25-15-17-27-19-18-26-16-14-24-12-8-5-2/h21H,4-20H2,1-3H3. The normalized spacial score (nSPS) is 12.2. The van der Waals surface area contributed by atoms with Crippen molar-refractivity contribution in [2.24, 2.45) is 5.92 Å². The van der Waals surface area contributed by atoms with Gasteiger partial charge in [0.2, 0.25) is 0 Å². The first-order chi connectivity index (χ1) is 13.7. The minimum Gasteiger partial charge on any atom is -0.465 e. The molecular weight excluding hydrogens is 360 g/mol. The lowest BCUT2D eigenvalue weighted by Gasteiger charge is -2.14. The van der Waals surface area contributed by atoms with Gasteiger partial charge in [0.05, 0.1) is 46.2 Å². The van der Waals surface area contributed by atoms with Gasteiger partial charge in [0.15, 0.2) is 0 Å². The van der Waals surface area contributed by atoms with Crippen LogP contribution in [0.3, 0.4) is 0 Å². The Hall–Kier alpha value is -0.690. The fraction of sp³-hybridized carbons (Fsp3) is 0.955. The highest BCUT2D eigenvalue weighted by Crippen LogP contribution is 2.13. The van der Waals surface area contributed by atoms with Crippen molar-refractivity contribution in [3.63, 3.8) is 0 Å². The molecule has 0 amide bonds. The van der Waals surface area contributed by atoms with Crippen LogP contribution in [0.15, 0.2) is 0 Å². The van der Waals surface area contributed by atoms with Gasteiger partial charge in [0, 0.05) is 19.6 Å². The Kier molecular flexibility index (Phi) is 22.0. The van der Waals surface area contributed by atoms with Crippen molar-refractivity contribution in [3.05, 3.63) is 0 Å². The number of unbranched alkanes of at least 4 members (excludes halogenated alkanes) is 2. The molecule has 0 aromatic rings. The lowest BCUT2D eigenvalue weighted by Crippen LogP contribution is -2.15. The largest absolute Gasteiger partial charge is 0.465 e. The molecule has 0 fully saturated rings. The smallest absolute Gasteiger partial charge is 0.305 e. The maximum Gasteiger partial charge on any atom is 0.305 e. The summed E-state index contributed by atoms with van der Waals surface area (Å²) in [4.78, 5) is 11.7. The lowest BCUT2D eigenvalue weighted by atomic mass is 10.0. The third-order valence-electron chi connectivity index (χ3n) is 4.45. The summed E-state index contributed by atoms with van der Waals surface area (Å²) in [5.41, 5.74) is 0. The molecule has 0 aromatic carbocycles. The average molecular weight is 405 g/mol. The van der Waals surface area contributed by atoms with E-state index in [1.165, 1.54) is 12.8 Å². The lowest BCUT2D eigenvalue weighted by molar-refractivity contribution is -0.145. The average Bonchev–Trinajstić information content (AvgIpc) is 2.71. The van der Waals surface area contributed by atoms with E-state index in [0.717, 1.165) is 32.3 Å². The Bertz CT molecular complexity index is 324. The number of carbonyl (C=O) groups excluding carboxylic acids is 1. The van der Waals surface area contributed by atoms with Crippen molar-refractivity contribution in [2.75, 3.05) is 59.5 Å². The zero-order chi connectivity index (χ0) is 20.7. The molecule has 168 valence electrons. The molecule has 0 aliphatic heterocycles. The third-order valence-corrected chi connectivity index (χ3v) is 4.45. The molecule has 0 aliphatic rings. The summed E-state index contributed by atoms with van der Waals surface area (Å²) in [6.07, 6.45) is 7.94. The van der Waals surface area contributed by atoms with Crippen LogP contribution in [0.25, 0.3) is 0 Å². The van der Waals surface area contributed by atoms with E-state index in [1.807, 2.05) is 0 Å². The molecule has 0 N–H and O–H groups in total. The Labute approximate surface area is 172 Å². The van der Waals surface area contributed by atoms with E-state index >= 15 is 0 Å². The summed E-state index contributed by atoms with van der Waals surface area (Å²) in [6.45, 7) is 11.8. The van der Waals surface area contributed by atoms with Gasteiger partial charge in [-0.05, 0) is 25.2 Å².